The lowest BCUT2D eigenvalue weighted by molar-refractivity contribution is -0.137. The van der Waals surface area contributed by atoms with Crippen LogP contribution in [0.15, 0.2) is 28.8 Å². The second kappa shape index (κ2) is 7.53. The second-order valence-electron chi connectivity index (χ2n) is 6.64. The van der Waals surface area contributed by atoms with E-state index in [1.807, 2.05) is 45.0 Å². The van der Waals surface area contributed by atoms with Gasteiger partial charge in [0.2, 0.25) is 11.8 Å². The maximum Gasteiger partial charge on any atom is 0.248 e. The summed E-state index contributed by atoms with van der Waals surface area (Å²) in [7, 11) is 0. The fourth-order valence-electron chi connectivity index (χ4n) is 3.31. The van der Waals surface area contributed by atoms with E-state index in [9.17, 15) is 9.59 Å². The number of carbonyl (C=O) groups is 2. The zero-order valence-corrected chi connectivity index (χ0v) is 16.2. The Morgan fingerprint density at radius 1 is 1.35 bits per heavy atom. The molecule has 7 heteroatoms. The number of aryl methyl sites for hydroxylation is 3. The van der Waals surface area contributed by atoms with Crippen LogP contribution in [0, 0.1) is 20.8 Å². The van der Waals surface area contributed by atoms with Crippen LogP contribution in [0.1, 0.15) is 35.4 Å². The van der Waals surface area contributed by atoms with E-state index in [0.29, 0.717) is 17.4 Å². The summed E-state index contributed by atoms with van der Waals surface area (Å²) in [5, 5.41) is 6.86. The molecule has 26 heavy (non-hydrogen) atoms. The minimum Gasteiger partial charge on any atom is -0.361 e. The number of rotatable bonds is 4. The first kappa shape index (κ1) is 18.5. The highest BCUT2D eigenvalue weighted by Gasteiger charge is 2.38. The number of anilines is 1. The molecule has 1 fully saturated rings. The Morgan fingerprint density at radius 3 is 2.77 bits per heavy atom. The van der Waals surface area contributed by atoms with Gasteiger partial charge in [-0.25, -0.2) is 0 Å². The monoisotopic (exact) mass is 373 g/mol. The fourth-order valence-corrected chi connectivity index (χ4v) is 4.47. The van der Waals surface area contributed by atoms with Gasteiger partial charge in [-0.05, 0) is 45.4 Å². The van der Waals surface area contributed by atoms with E-state index in [1.165, 1.54) is 0 Å². The topological polar surface area (TPSA) is 75.4 Å². The summed E-state index contributed by atoms with van der Waals surface area (Å²) in [5.41, 5.74) is 3.35. The third-order valence-corrected chi connectivity index (χ3v) is 5.66. The summed E-state index contributed by atoms with van der Waals surface area (Å²) in [6.07, 6.45) is 0. The number of amides is 2. The molecule has 2 aromatic rings. The van der Waals surface area contributed by atoms with E-state index in [4.69, 9.17) is 4.52 Å². The molecule has 0 radical (unpaired) electrons. The van der Waals surface area contributed by atoms with Crippen LogP contribution in [0.4, 0.5) is 5.69 Å². The lowest BCUT2D eigenvalue weighted by atomic mass is 9.97. The van der Waals surface area contributed by atoms with Crippen molar-refractivity contribution in [2.24, 2.45) is 0 Å². The number of thioether (sulfide) groups is 1. The van der Waals surface area contributed by atoms with Gasteiger partial charge in [0.05, 0.1) is 17.5 Å². The molecule has 1 aliphatic heterocycles. The van der Waals surface area contributed by atoms with E-state index >= 15 is 0 Å². The molecule has 2 atom stereocenters. The minimum atomic E-state index is -0.476. The highest BCUT2D eigenvalue weighted by molar-refractivity contribution is 7.99. The van der Waals surface area contributed by atoms with Crippen LogP contribution in [0.25, 0.3) is 0 Å². The quantitative estimate of drug-likeness (QED) is 0.890. The van der Waals surface area contributed by atoms with E-state index in [2.05, 4.69) is 10.5 Å². The first-order chi connectivity index (χ1) is 12.4. The van der Waals surface area contributed by atoms with Crippen LogP contribution in [0.5, 0.6) is 0 Å². The molecule has 0 aliphatic carbocycles. The normalized spacial score (nSPS) is 18.0. The number of benzene rings is 1. The molecule has 2 amide bonds. The summed E-state index contributed by atoms with van der Waals surface area (Å²) in [5.74, 6) is 1.13. The summed E-state index contributed by atoms with van der Waals surface area (Å²) in [6, 6.07) is 7.17. The molecule has 1 aliphatic rings. The van der Waals surface area contributed by atoms with E-state index in [-0.39, 0.29) is 11.8 Å². The molecule has 0 spiro atoms. The standard InChI is InChI=1S/C19H23N3O3S/c1-11-6-5-7-15(8-11)20-18(23)16-9-26-10-22(16)19(24)12(2)17-13(3)21-25-14(17)4/h5-8,12,16H,9-10H2,1-4H3,(H,20,23)/t12-,16+/m1/s1. The lowest BCUT2D eigenvalue weighted by Gasteiger charge is -2.26. The molecule has 6 nitrogen and oxygen atoms in total. The predicted molar refractivity (Wildman–Crippen MR) is 102 cm³/mol. The molecular weight excluding hydrogens is 350 g/mol. The SMILES string of the molecule is Cc1cccc(NC(=O)[C@@H]2CSCN2C(=O)[C@H](C)c2c(C)noc2C)c1. The van der Waals surface area contributed by atoms with E-state index in [1.54, 1.807) is 23.6 Å². The van der Waals surface area contributed by atoms with Crippen molar-refractivity contribution >= 4 is 29.3 Å². The number of carbonyl (C=O) groups excluding carboxylic acids is 2. The van der Waals surface area contributed by atoms with Crippen molar-refractivity contribution < 1.29 is 14.1 Å². The molecule has 2 heterocycles. The average molecular weight is 373 g/mol. The van der Waals surface area contributed by atoms with Crippen LogP contribution in [-0.2, 0) is 9.59 Å². The number of hydrogen-bond donors (Lipinski definition) is 1. The van der Waals surface area contributed by atoms with Crippen LogP contribution in [0.2, 0.25) is 0 Å². The van der Waals surface area contributed by atoms with Gasteiger partial charge in [-0.15, -0.1) is 11.8 Å². The van der Waals surface area contributed by atoms with Crippen LogP contribution >= 0.6 is 11.8 Å². The average Bonchev–Trinajstić information content (AvgIpc) is 3.20. The Kier molecular flexibility index (Phi) is 5.36. The van der Waals surface area contributed by atoms with E-state index < -0.39 is 12.0 Å². The van der Waals surface area contributed by atoms with Gasteiger partial charge in [-0.1, -0.05) is 17.3 Å². The molecule has 1 N–H and O–H groups in total. The Labute approximate surface area is 157 Å². The molecule has 138 valence electrons. The summed E-state index contributed by atoms with van der Waals surface area (Å²) in [4.78, 5) is 27.4. The molecule has 1 saturated heterocycles. The lowest BCUT2D eigenvalue weighted by Crippen LogP contribution is -2.46. The summed E-state index contributed by atoms with van der Waals surface area (Å²) < 4.78 is 5.19. The van der Waals surface area contributed by atoms with Gasteiger partial charge in [0.25, 0.3) is 0 Å². The smallest absolute Gasteiger partial charge is 0.248 e. The first-order valence-electron chi connectivity index (χ1n) is 8.57. The molecular formula is C19H23N3O3S. The Bertz CT molecular complexity index is 814. The molecule has 0 bridgehead atoms. The van der Waals surface area contributed by atoms with Crippen LogP contribution in [-0.4, -0.2) is 39.5 Å². The van der Waals surface area contributed by atoms with Crippen molar-refractivity contribution in [1.29, 1.82) is 0 Å². The highest BCUT2D eigenvalue weighted by Crippen LogP contribution is 2.30. The number of hydrogen-bond acceptors (Lipinski definition) is 5. The van der Waals surface area contributed by atoms with Crippen molar-refractivity contribution in [3.05, 3.63) is 46.8 Å². The first-order valence-corrected chi connectivity index (χ1v) is 9.72. The Balaban J connectivity index is 1.75. The molecule has 1 aromatic heterocycles. The molecule has 0 saturated carbocycles. The van der Waals surface area contributed by atoms with Gasteiger partial charge in [-0.2, -0.15) is 0 Å². The Morgan fingerprint density at radius 2 is 2.12 bits per heavy atom. The zero-order valence-electron chi connectivity index (χ0n) is 15.4. The van der Waals surface area contributed by atoms with Gasteiger partial charge >= 0.3 is 0 Å². The second-order valence-corrected chi connectivity index (χ2v) is 7.64. The minimum absolute atomic E-state index is 0.0752. The van der Waals surface area contributed by atoms with Gasteiger partial charge in [0.1, 0.15) is 11.8 Å². The van der Waals surface area contributed by atoms with Crippen molar-refractivity contribution in [3.63, 3.8) is 0 Å². The number of nitrogens with zero attached hydrogens (tertiary/aromatic N) is 2. The summed E-state index contributed by atoms with van der Waals surface area (Å²) in [6.45, 7) is 7.45. The fraction of sp³-hybridized carbons (Fsp3) is 0.421. The maximum atomic E-state index is 13.0. The van der Waals surface area contributed by atoms with Gasteiger partial charge in [0, 0.05) is 17.0 Å². The predicted octanol–water partition coefficient (Wildman–Crippen LogP) is 3.24. The maximum absolute atomic E-state index is 13.0. The van der Waals surface area contributed by atoms with Gasteiger partial charge in [-0.3, -0.25) is 9.59 Å². The summed E-state index contributed by atoms with van der Waals surface area (Å²) >= 11 is 1.59. The highest BCUT2D eigenvalue weighted by atomic mass is 32.2. The van der Waals surface area contributed by atoms with Gasteiger partial charge < -0.3 is 14.7 Å². The number of nitrogens with one attached hydrogen (secondary N) is 1. The van der Waals surface area contributed by atoms with Crippen LogP contribution in [0.3, 0.4) is 0 Å². The van der Waals surface area contributed by atoms with Crippen molar-refractivity contribution in [1.82, 2.24) is 10.1 Å². The van der Waals surface area contributed by atoms with Gasteiger partial charge in [0.15, 0.2) is 0 Å². The van der Waals surface area contributed by atoms with Crippen molar-refractivity contribution in [3.8, 4) is 0 Å². The molecule has 1 aromatic carbocycles. The largest absolute Gasteiger partial charge is 0.361 e. The van der Waals surface area contributed by atoms with E-state index in [0.717, 1.165) is 22.5 Å². The third-order valence-electron chi connectivity index (χ3n) is 4.65. The third kappa shape index (κ3) is 3.62. The zero-order chi connectivity index (χ0) is 18.8. The number of aromatic nitrogens is 1. The molecule has 0 unspecified atom stereocenters. The van der Waals surface area contributed by atoms with Crippen LogP contribution < -0.4 is 5.32 Å². The Hall–Kier alpha value is -2.28. The molecule has 3 rings (SSSR count). The van der Waals surface area contributed by atoms with Crippen molar-refractivity contribution in [2.45, 2.75) is 39.7 Å². The van der Waals surface area contributed by atoms with Crippen molar-refractivity contribution in [2.75, 3.05) is 16.9 Å².